The Hall–Kier alpha value is -3.75. The Kier molecular flexibility index (Phi) is 8.94. The number of hydrogen-bond acceptors (Lipinski definition) is 6. The fourth-order valence-electron chi connectivity index (χ4n) is 2.99. The molecule has 0 atom stereocenters. The van der Waals surface area contributed by atoms with E-state index in [1.165, 1.54) is 20.3 Å². The molecule has 2 amide bonds. The first-order chi connectivity index (χ1) is 16.8. The number of carbonyl (C=O) groups is 2. The largest absolute Gasteiger partial charge is 0.495 e. The van der Waals surface area contributed by atoms with Gasteiger partial charge < -0.3 is 19.5 Å². The van der Waals surface area contributed by atoms with Crippen LogP contribution in [0.25, 0.3) is 0 Å². The minimum absolute atomic E-state index is 0.262. The number of amides is 2. The van der Waals surface area contributed by atoms with E-state index in [9.17, 15) is 9.59 Å². The lowest BCUT2D eigenvalue weighted by atomic mass is 10.1. The van der Waals surface area contributed by atoms with Crippen LogP contribution in [0.3, 0.4) is 0 Å². The minimum atomic E-state index is -0.960. The molecule has 182 valence electrons. The molecular formula is C25H23Cl2N3O5. The Balaban J connectivity index is 1.65. The number of anilines is 1. The van der Waals surface area contributed by atoms with Crippen molar-refractivity contribution in [1.29, 1.82) is 0 Å². The number of hydrazone groups is 1. The first-order valence-electron chi connectivity index (χ1n) is 10.4. The van der Waals surface area contributed by atoms with Gasteiger partial charge in [0.05, 0.1) is 25.6 Å². The predicted molar refractivity (Wildman–Crippen MR) is 136 cm³/mol. The summed E-state index contributed by atoms with van der Waals surface area (Å²) >= 11 is 12.1. The second kappa shape index (κ2) is 12.1. The fourth-order valence-corrected chi connectivity index (χ4v) is 3.35. The molecule has 3 aromatic carbocycles. The molecular weight excluding hydrogens is 493 g/mol. The average molecular weight is 516 g/mol. The van der Waals surface area contributed by atoms with Crippen molar-refractivity contribution in [3.05, 3.63) is 81.8 Å². The van der Waals surface area contributed by atoms with E-state index in [1.807, 2.05) is 18.2 Å². The highest BCUT2D eigenvalue weighted by molar-refractivity contribution is 6.40. The second-order valence-corrected chi connectivity index (χ2v) is 8.03. The van der Waals surface area contributed by atoms with Gasteiger partial charge in [0.2, 0.25) is 0 Å². The molecule has 0 spiro atoms. The van der Waals surface area contributed by atoms with Crippen LogP contribution in [0.1, 0.15) is 18.1 Å². The van der Waals surface area contributed by atoms with Gasteiger partial charge in [-0.1, -0.05) is 41.4 Å². The summed E-state index contributed by atoms with van der Waals surface area (Å²) in [6.45, 7) is 1.95. The van der Waals surface area contributed by atoms with Crippen molar-refractivity contribution in [2.75, 3.05) is 19.5 Å². The fraction of sp³-hybridized carbons (Fsp3) is 0.160. The summed E-state index contributed by atoms with van der Waals surface area (Å²) in [4.78, 5) is 24.5. The summed E-state index contributed by atoms with van der Waals surface area (Å²) in [7, 11) is 2.96. The molecule has 10 heteroatoms. The highest BCUT2D eigenvalue weighted by Crippen LogP contribution is 2.30. The van der Waals surface area contributed by atoms with E-state index in [4.69, 9.17) is 37.4 Å². The van der Waals surface area contributed by atoms with Crippen molar-refractivity contribution in [3.8, 4) is 17.2 Å². The molecule has 0 bridgehead atoms. The van der Waals surface area contributed by atoms with E-state index in [0.717, 1.165) is 5.56 Å². The Morgan fingerprint density at radius 3 is 2.31 bits per heavy atom. The van der Waals surface area contributed by atoms with Crippen LogP contribution in [0.2, 0.25) is 10.0 Å². The number of hydrogen-bond donors (Lipinski definition) is 2. The third kappa shape index (κ3) is 6.88. The number of ether oxygens (including phenoxy) is 3. The highest BCUT2D eigenvalue weighted by atomic mass is 35.5. The van der Waals surface area contributed by atoms with Crippen molar-refractivity contribution in [2.24, 2.45) is 5.10 Å². The lowest BCUT2D eigenvalue weighted by Gasteiger charge is -2.13. The van der Waals surface area contributed by atoms with E-state index in [1.54, 1.807) is 43.3 Å². The van der Waals surface area contributed by atoms with Crippen LogP contribution in [0.5, 0.6) is 17.2 Å². The number of benzene rings is 3. The molecule has 0 saturated carbocycles. The smallest absolute Gasteiger partial charge is 0.329 e. The van der Waals surface area contributed by atoms with Gasteiger partial charge in [-0.15, -0.1) is 0 Å². The van der Waals surface area contributed by atoms with E-state index >= 15 is 0 Å². The van der Waals surface area contributed by atoms with Gasteiger partial charge >= 0.3 is 11.8 Å². The summed E-state index contributed by atoms with van der Waals surface area (Å²) in [6, 6.07) is 17.2. The number of rotatable bonds is 8. The van der Waals surface area contributed by atoms with E-state index in [-0.39, 0.29) is 12.3 Å². The molecule has 0 aliphatic heterocycles. The Morgan fingerprint density at radius 2 is 1.60 bits per heavy atom. The molecule has 0 radical (unpaired) electrons. The molecule has 8 nitrogen and oxygen atoms in total. The monoisotopic (exact) mass is 515 g/mol. The molecule has 0 heterocycles. The SMILES string of the molecule is COc1ccc(Cl)cc1NC(=O)C(=O)NN=C(C)c1ccc(OCc2ccccc2Cl)c(OC)c1. The Labute approximate surface area is 212 Å². The standard InChI is InChI=1S/C25H23Cl2N3O5/c1-15(29-30-25(32)24(31)28-20-13-18(26)9-11-21(20)33-2)16-8-10-22(23(12-16)34-3)35-14-17-6-4-5-7-19(17)27/h4-13H,14H2,1-3H3,(H,28,31)(H,30,32). The van der Waals surface area contributed by atoms with E-state index in [2.05, 4.69) is 15.8 Å². The second-order valence-electron chi connectivity index (χ2n) is 7.18. The number of carbonyl (C=O) groups excluding carboxylic acids is 2. The van der Waals surface area contributed by atoms with Gasteiger partial charge in [-0.25, -0.2) is 5.43 Å². The van der Waals surface area contributed by atoms with Crippen molar-refractivity contribution in [2.45, 2.75) is 13.5 Å². The van der Waals surface area contributed by atoms with Crippen LogP contribution in [0, 0.1) is 0 Å². The average Bonchev–Trinajstić information content (AvgIpc) is 2.86. The van der Waals surface area contributed by atoms with E-state index < -0.39 is 11.8 Å². The first kappa shape index (κ1) is 25.9. The van der Waals surface area contributed by atoms with Crippen molar-refractivity contribution >= 4 is 46.4 Å². The summed E-state index contributed by atoms with van der Waals surface area (Å²) in [6.07, 6.45) is 0. The quantitative estimate of drug-likeness (QED) is 0.248. The Bertz CT molecular complexity index is 1260. The topological polar surface area (TPSA) is 98.2 Å². The molecule has 0 aliphatic rings. The molecule has 2 N–H and O–H groups in total. The van der Waals surface area contributed by atoms with Crippen molar-refractivity contribution < 1.29 is 23.8 Å². The normalized spacial score (nSPS) is 10.9. The van der Waals surface area contributed by atoms with Gasteiger partial charge in [0.25, 0.3) is 0 Å². The van der Waals surface area contributed by atoms with Crippen LogP contribution in [0.15, 0.2) is 65.8 Å². The summed E-state index contributed by atoms with van der Waals surface area (Å²) in [5.74, 6) is -0.538. The first-order valence-corrected chi connectivity index (χ1v) is 11.1. The van der Waals surface area contributed by atoms with Crippen LogP contribution in [-0.2, 0) is 16.2 Å². The highest BCUT2D eigenvalue weighted by Gasteiger charge is 2.16. The third-order valence-electron chi connectivity index (χ3n) is 4.86. The maximum absolute atomic E-state index is 12.3. The molecule has 0 aromatic heterocycles. The third-order valence-corrected chi connectivity index (χ3v) is 5.47. The minimum Gasteiger partial charge on any atom is -0.495 e. The number of nitrogens with one attached hydrogen (secondary N) is 2. The van der Waals surface area contributed by atoms with Gasteiger partial charge in [-0.2, -0.15) is 5.10 Å². The molecule has 3 rings (SSSR count). The van der Waals surface area contributed by atoms with Gasteiger partial charge in [0, 0.05) is 21.2 Å². The molecule has 0 saturated heterocycles. The van der Waals surface area contributed by atoms with Crippen LogP contribution >= 0.6 is 23.2 Å². The number of nitrogens with zero attached hydrogens (tertiary/aromatic N) is 1. The lowest BCUT2D eigenvalue weighted by Crippen LogP contribution is -2.33. The maximum Gasteiger partial charge on any atom is 0.329 e. The summed E-state index contributed by atoms with van der Waals surface area (Å²) in [5, 5.41) is 7.45. The molecule has 0 aliphatic carbocycles. The molecule has 35 heavy (non-hydrogen) atoms. The molecule has 3 aromatic rings. The zero-order valence-electron chi connectivity index (χ0n) is 19.2. The van der Waals surface area contributed by atoms with Gasteiger partial charge in [0.15, 0.2) is 11.5 Å². The zero-order chi connectivity index (χ0) is 25.4. The maximum atomic E-state index is 12.3. The molecule has 0 fully saturated rings. The van der Waals surface area contributed by atoms with Gasteiger partial charge in [0.1, 0.15) is 12.4 Å². The van der Waals surface area contributed by atoms with Crippen molar-refractivity contribution in [3.63, 3.8) is 0 Å². The van der Waals surface area contributed by atoms with Crippen LogP contribution in [0.4, 0.5) is 5.69 Å². The van der Waals surface area contributed by atoms with Crippen LogP contribution in [-0.4, -0.2) is 31.7 Å². The zero-order valence-corrected chi connectivity index (χ0v) is 20.7. The number of methoxy groups -OCH3 is 2. The van der Waals surface area contributed by atoms with Crippen LogP contribution < -0.4 is 25.0 Å². The lowest BCUT2D eigenvalue weighted by molar-refractivity contribution is -0.136. The van der Waals surface area contributed by atoms with Gasteiger partial charge in [-0.05, 0) is 49.4 Å². The van der Waals surface area contributed by atoms with E-state index in [0.29, 0.717) is 38.6 Å². The number of halogens is 2. The molecule has 0 unspecified atom stereocenters. The summed E-state index contributed by atoms with van der Waals surface area (Å²) in [5.41, 5.74) is 4.44. The van der Waals surface area contributed by atoms with Gasteiger partial charge in [-0.3, -0.25) is 9.59 Å². The Morgan fingerprint density at radius 1 is 0.886 bits per heavy atom. The predicted octanol–water partition coefficient (Wildman–Crippen LogP) is 5.07. The summed E-state index contributed by atoms with van der Waals surface area (Å²) < 4.78 is 16.4. The van der Waals surface area contributed by atoms with Crippen molar-refractivity contribution in [1.82, 2.24) is 5.43 Å².